The SMILES string of the molecule is CCN(CC)c1ccc(CNc2nc3ccccc3c(=O)[nH]2)cn1. The highest BCUT2D eigenvalue weighted by molar-refractivity contribution is 5.78. The fourth-order valence-electron chi connectivity index (χ4n) is 2.61. The van der Waals surface area contributed by atoms with Gasteiger partial charge in [-0.15, -0.1) is 0 Å². The van der Waals surface area contributed by atoms with Gasteiger partial charge in [-0.05, 0) is 37.6 Å². The van der Waals surface area contributed by atoms with Gasteiger partial charge in [0.05, 0.1) is 10.9 Å². The van der Waals surface area contributed by atoms with E-state index in [2.05, 4.69) is 39.0 Å². The van der Waals surface area contributed by atoms with Gasteiger partial charge in [0, 0.05) is 25.8 Å². The molecule has 0 saturated carbocycles. The van der Waals surface area contributed by atoms with Gasteiger partial charge in [0.25, 0.3) is 5.56 Å². The summed E-state index contributed by atoms with van der Waals surface area (Å²) in [6.07, 6.45) is 1.85. The molecule has 24 heavy (non-hydrogen) atoms. The minimum Gasteiger partial charge on any atom is -0.357 e. The molecular formula is C18H21N5O. The van der Waals surface area contributed by atoms with Crippen LogP contribution in [-0.4, -0.2) is 28.0 Å². The van der Waals surface area contributed by atoms with Gasteiger partial charge in [-0.25, -0.2) is 9.97 Å². The molecule has 6 heteroatoms. The molecule has 0 unspecified atom stereocenters. The third kappa shape index (κ3) is 3.37. The molecule has 124 valence electrons. The van der Waals surface area contributed by atoms with Crippen molar-refractivity contribution in [3.05, 3.63) is 58.5 Å². The molecule has 2 aromatic heterocycles. The Morgan fingerprint density at radius 2 is 1.92 bits per heavy atom. The van der Waals surface area contributed by atoms with Crippen LogP contribution < -0.4 is 15.8 Å². The molecule has 1 aromatic carbocycles. The monoisotopic (exact) mass is 323 g/mol. The molecule has 0 aliphatic heterocycles. The number of benzene rings is 1. The standard InChI is InChI=1S/C18H21N5O/c1-3-23(4-2)16-10-9-13(11-19-16)12-20-18-21-15-8-6-5-7-14(15)17(24)22-18/h5-11H,3-4,12H2,1-2H3,(H2,20,21,22,24). The highest BCUT2D eigenvalue weighted by Crippen LogP contribution is 2.12. The molecule has 0 amide bonds. The first-order valence-electron chi connectivity index (χ1n) is 8.14. The van der Waals surface area contributed by atoms with Gasteiger partial charge in [0.1, 0.15) is 5.82 Å². The number of H-pyrrole nitrogens is 1. The van der Waals surface area contributed by atoms with E-state index in [9.17, 15) is 4.79 Å². The van der Waals surface area contributed by atoms with E-state index >= 15 is 0 Å². The Kier molecular flexibility index (Phi) is 4.74. The average Bonchev–Trinajstić information content (AvgIpc) is 2.62. The number of hydrogen-bond acceptors (Lipinski definition) is 5. The molecular weight excluding hydrogens is 302 g/mol. The Morgan fingerprint density at radius 3 is 2.62 bits per heavy atom. The van der Waals surface area contributed by atoms with E-state index in [0.29, 0.717) is 23.4 Å². The van der Waals surface area contributed by atoms with Gasteiger partial charge in [0.2, 0.25) is 5.95 Å². The number of aromatic nitrogens is 3. The van der Waals surface area contributed by atoms with Crippen LogP contribution in [0.1, 0.15) is 19.4 Å². The predicted molar refractivity (Wildman–Crippen MR) is 97.5 cm³/mol. The van der Waals surface area contributed by atoms with Crippen LogP contribution in [0.25, 0.3) is 10.9 Å². The largest absolute Gasteiger partial charge is 0.357 e. The zero-order valence-electron chi connectivity index (χ0n) is 13.9. The molecule has 3 aromatic rings. The van der Waals surface area contributed by atoms with Crippen LogP contribution in [-0.2, 0) is 6.54 Å². The van der Waals surface area contributed by atoms with Crippen molar-refractivity contribution < 1.29 is 0 Å². The first-order chi connectivity index (χ1) is 11.7. The highest BCUT2D eigenvalue weighted by atomic mass is 16.1. The van der Waals surface area contributed by atoms with Gasteiger partial charge in [-0.2, -0.15) is 0 Å². The summed E-state index contributed by atoms with van der Waals surface area (Å²) in [6.45, 7) is 6.64. The lowest BCUT2D eigenvalue weighted by atomic mass is 10.2. The van der Waals surface area contributed by atoms with Gasteiger partial charge >= 0.3 is 0 Å². The second kappa shape index (κ2) is 7.12. The van der Waals surface area contributed by atoms with Crippen LogP contribution in [0.3, 0.4) is 0 Å². The van der Waals surface area contributed by atoms with E-state index in [1.54, 1.807) is 6.07 Å². The predicted octanol–water partition coefficient (Wildman–Crippen LogP) is 2.78. The lowest BCUT2D eigenvalue weighted by molar-refractivity contribution is 0.844. The number of aromatic amines is 1. The van der Waals surface area contributed by atoms with Crippen molar-refractivity contribution in [3.8, 4) is 0 Å². The first-order valence-corrected chi connectivity index (χ1v) is 8.14. The molecule has 0 fully saturated rings. The number of rotatable bonds is 6. The van der Waals surface area contributed by atoms with Gasteiger partial charge < -0.3 is 10.2 Å². The Bertz CT molecular complexity index is 868. The number of hydrogen-bond donors (Lipinski definition) is 2. The van der Waals surface area contributed by atoms with E-state index in [1.165, 1.54) is 0 Å². The number of pyridine rings is 1. The smallest absolute Gasteiger partial charge is 0.260 e. The second-order valence-electron chi connectivity index (χ2n) is 5.48. The molecule has 6 nitrogen and oxygen atoms in total. The van der Waals surface area contributed by atoms with Crippen LogP contribution in [0.15, 0.2) is 47.4 Å². The number of anilines is 2. The molecule has 0 spiro atoms. The van der Waals surface area contributed by atoms with Crippen molar-refractivity contribution in [1.82, 2.24) is 15.0 Å². The zero-order chi connectivity index (χ0) is 16.9. The van der Waals surface area contributed by atoms with Gasteiger partial charge in [-0.3, -0.25) is 9.78 Å². The Labute approximate surface area is 140 Å². The summed E-state index contributed by atoms with van der Waals surface area (Å²) in [6, 6.07) is 11.3. The maximum absolute atomic E-state index is 12.0. The molecule has 0 bridgehead atoms. The lowest BCUT2D eigenvalue weighted by Gasteiger charge is -2.19. The molecule has 0 aliphatic rings. The summed E-state index contributed by atoms with van der Waals surface area (Å²) >= 11 is 0. The van der Waals surface area contributed by atoms with Crippen molar-refractivity contribution in [2.45, 2.75) is 20.4 Å². The van der Waals surface area contributed by atoms with Crippen molar-refractivity contribution in [1.29, 1.82) is 0 Å². The fraction of sp³-hybridized carbons (Fsp3) is 0.278. The maximum atomic E-state index is 12.0. The normalized spacial score (nSPS) is 10.8. The van der Waals surface area contributed by atoms with E-state index < -0.39 is 0 Å². The topological polar surface area (TPSA) is 73.9 Å². The van der Waals surface area contributed by atoms with Gasteiger partial charge in [-0.1, -0.05) is 18.2 Å². The third-order valence-corrected chi connectivity index (χ3v) is 3.97. The van der Waals surface area contributed by atoms with Crippen LogP contribution in [0.2, 0.25) is 0 Å². The summed E-state index contributed by atoms with van der Waals surface area (Å²) in [5, 5.41) is 3.74. The highest BCUT2D eigenvalue weighted by Gasteiger charge is 2.05. The number of nitrogens with one attached hydrogen (secondary N) is 2. The summed E-state index contributed by atoms with van der Waals surface area (Å²) in [7, 11) is 0. The Hall–Kier alpha value is -2.89. The molecule has 0 saturated heterocycles. The minimum absolute atomic E-state index is 0.141. The Morgan fingerprint density at radius 1 is 1.12 bits per heavy atom. The number of fused-ring (bicyclic) bond motifs is 1. The Balaban J connectivity index is 1.73. The van der Waals surface area contributed by atoms with Crippen LogP contribution in [0.4, 0.5) is 11.8 Å². The summed E-state index contributed by atoms with van der Waals surface area (Å²) in [5.41, 5.74) is 1.57. The molecule has 0 radical (unpaired) electrons. The van der Waals surface area contributed by atoms with E-state index in [4.69, 9.17) is 0 Å². The zero-order valence-corrected chi connectivity index (χ0v) is 13.9. The molecule has 2 N–H and O–H groups in total. The summed E-state index contributed by atoms with van der Waals surface area (Å²) in [5.74, 6) is 1.44. The van der Waals surface area contributed by atoms with E-state index in [-0.39, 0.29) is 5.56 Å². The number of nitrogens with zero attached hydrogens (tertiary/aromatic N) is 3. The third-order valence-electron chi connectivity index (χ3n) is 3.97. The van der Waals surface area contributed by atoms with E-state index in [0.717, 1.165) is 24.5 Å². The maximum Gasteiger partial charge on any atom is 0.260 e. The minimum atomic E-state index is -0.141. The van der Waals surface area contributed by atoms with Crippen molar-refractivity contribution >= 4 is 22.7 Å². The quantitative estimate of drug-likeness (QED) is 0.730. The van der Waals surface area contributed by atoms with Crippen molar-refractivity contribution in [2.24, 2.45) is 0 Å². The summed E-state index contributed by atoms with van der Waals surface area (Å²) < 4.78 is 0. The summed E-state index contributed by atoms with van der Waals surface area (Å²) in [4.78, 5) is 25.9. The molecule has 2 heterocycles. The van der Waals surface area contributed by atoms with Crippen LogP contribution in [0.5, 0.6) is 0 Å². The average molecular weight is 323 g/mol. The lowest BCUT2D eigenvalue weighted by Crippen LogP contribution is -2.22. The van der Waals surface area contributed by atoms with Crippen LogP contribution >= 0.6 is 0 Å². The van der Waals surface area contributed by atoms with Crippen LogP contribution in [0, 0.1) is 0 Å². The second-order valence-corrected chi connectivity index (χ2v) is 5.48. The molecule has 3 rings (SSSR count). The first kappa shape index (κ1) is 16.0. The van der Waals surface area contributed by atoms with Crippen molar-refractivity contribution in [2.75, 3.05) is 23.3 Å². The number of para-hydroxylation sites is 1. The van der Waals surface area contributed by atoms with Gasteiger partial charge in [0.15, 0.2) is 0 Å². The molecule has 0 atom stereocenters. The van der Waals surface area contributed by atoms with Crippen molar-refractivity contribution in [3.63, 3.8) is 0 Å². The fourth-order valence-corrected chi connectivity index (χ4v) is 2.61. The van der Waals surface area contributed by atoms with E-state index in [1.807, 2.05) is 36.5 Å². The molecule has 0 aliphatic carbocycles.